The third-order valence-electron chi connectivity index (χ3n) is 3.02. The lowest BCUT2D eigenvalue weighted by molar-refractivity contribution is -0.142. The van der Waals surface area contributed by atoms with Gasteiger partial charge in [0.2, 0.25) is 0 Å². The molecule has 0 bridgehead atoms. The SMILES string of the molecule is CCOC(=O)c1c(N)sc2c1C(C(=O)OC)CC2. The van der Waals surface area contributed by atoms with Crippen LogP contribution in [-0.4, -0.2) is 25.7 Å². The van der Waals surface area contributed by atoms with Gasteiger partial charge in [0, 0.05) is 4.88 Å². The summed E-state index contributed by atoms with van der Waals surface area (Å²) in [6, 6.07) is 0. The third-order valence-corrected chi connectivity index (χ3v) is 4.12. The van der Waals surface area contributed by atoms with Crippen LogP contribution in [0.3, 0.4) is 0 Å². The zero-order valence-corrected chi connectivity index (χ0v) is 11.1. The van der Waals surface area contributed by atoms with E-state index in [4.69, 9.17) is 15.2 Å². The summed E-state index contributed by atoms with van der Waals surface area (Å²) in [6.07, 6.45) is 1.42. The quantitative estimate of drug-likeness (QED) is 0.845. The molecule has 1 aliphatic carbocycles. The number of fused-ring (bicyclic) bond motifs is 1. The lowest BCUT2D eigenvalue weighted by Gasteiger charge is -2.10. The minimum Gasteiger partial charge on any atom is -0.469 e. The van der Waals surface area contributed by atoms with Crippen molar-refractivity contribution in [1.29, 1.82) is 0 Å². The monoisotopic (exact) mass is 269 g/mol. The van der Waals surface area contributed by atoms with Gasteiger partial charge in [-0.25, -0.2) is 4.79 Å². The van der Waals surface area contributed by atoms with Crippen LogP contribution >= 0.6 is 11.3 Å². The Morgan fingerprint density at radius 1 is 1.50 bits per heavy atom. The van der Waals surface area contributed by atoms with Crippen LogP contribution in [0.2, 0.25) is 0 Å². The van der Waals surface area contributed by atoms with Gasteiger partial charge in [-0.1, -0.05) is 0 Å². The zero-order chi connectivity index (χ0) is 13.3. The number of ether oxygens (including phenoxy) is 2. The molecule has 0 aliphatic heterocycles. The molecule has 18 heavy (non-hydrogen) atoms. The van der Waals surface area contributed by atoms with Crippen molar-refractivity contribution >= 4 is 28.3 Å². The van der Waals surface area contributed by atoms with Crippen molar-refractivity contribution in [2.75, 3.05) is 19.5 Å². The maximum absolute atomic E-state index is 11.9. The molecule has 5 nitrogen and oxygen atoms in total. The number of carbonyl (C=O) groups is 2. The molecule has 0 saturated carbocycles. The molecule has 0 fully saturated rings. The van der Waals surface area contributed by atoms with E-state index < -0.39 is 11.9 Å². The molecule has 1 aliphatic rings. The van der Waals surface area contributed by atoms with Crippen LogP contribution in [-0.2, 0) is 20.7 Å². The number of nitrogens with two attached hydrogens (primary N) is 1. The molecule has 0 radical (unpaired) electrons. The molecular weight excluding hydrogens is 254 g/mol. The lowest BCUT2D eigenvalue weighted by Crippen LogP contribution is -2.16. The second-order valence-electron chi connectivity index (χ2n) is 4.01. The van der Waals surface area contributed by atoms with E-state index in [-0.39, 0.29) is 12.6 Å². The minimum atomic E-state index is -0.455. The molecule has 1 atom stereocenters. The molecule has 1 heterocycles. The van der Waals surface area contributed by atoms with Crippen LogP contribution < -0.4 is 5.73 Å². The van der Waals surface area contributed by atoms with Crippen LogP contribution in [0, 0.1) is 0 Å². The van der Waals surface area contributed by atoms with E-state index in [2.05, 4.69) is 0 Å². The van der Waals surface area contributed by atoms with E-state index in [0.717, 1.165) is 11.3 Å². The van der Waals surface area contributed by atoms with Crippen molar-refractivity contribution in [3.8, 4) is 0 Å². The molecule has 2 N–H and O–H groups in total. The highest BCUT2D eigenvalue weighted by molar-refractivity contribution is 7.16. The number of esters is 2. The Labute approximate surface area is 109 Å². The van der Waals surface area contributed by atoms with Crippen molar-refractivity contribution in [2.24, 2.45) is 0 Å². The summed E-state index contributed by atoms with van der Waals surface area (Å²) in [6.45, 7) is 2.02. The number of methoxy groups -OCH3 is 1. The van der Waals surface area contributed by atoms with Gasteiger partial charge in [-0.3, -0.25) is 4.79 Å². The van der Waals surface area contributed by atoms with Gasteiger partial charge >= 0.3 is 11.9 Å². The van der Waals surface area contributed by atoms with E-state index in [0.29, 0.717) is 22.5 Å². The first-order chi connectivity index (χ1) is 8.60. The molecule has 0 aromatic carbocycles. The summed E-state index contributed by atoms with van der Waals surface area (Å²) in [5.41, 5.74) is 6.91. The minimum absolute atomic E-state index is 0.284. The summed E-state index contributed by atoms with van der Waals surface area (Å²) in [5, 5.41) is 0.423. The first kappa shape index (κ1) is 12.9. The molecule has 6 heteroatoms. The molecule has 98 valence electrons. The van der Waals surface area contributed by atoms with E-state index in [1.54, 1.807) is 6.92 Å². The average Bonchev–Trinajstić information content (AvgIpc) is 2.85. The van der Waals surface area contributed by atoms with E-state index in [1.807, 2.05) is 0 Å². The number of hydrogen-bond donors (Lipinski definition) is 1. The maximum Gasteiger partial charge on any atom is 0.341 e. The Kier molecular flexibility index (Phi) is 3.56. The van der Waals surface area contributed by atoms with E-state index in [9.17, 15) is 9.59 Å². The number of thiophene rings is 1. The van der Waals surface area contributed by atoms with Gasteiger partial charge in [-0.15, -0.1) is 11.3 Å². The molecule has 1 aromatic heterocycles. The summed E-state index contributed by atoms with van der Waals surface area (Å²) in [5.74, 6) is -1.17. The summed E-state index contributed by atoms with van der Waals surface area (Å²) < 4.78 is 9.76. The van der Waals surface area contributed by atoms with Gasteiger partial charge in [0.25, 0.3) is 0 Å². The first-order valence-electron chi connectivity index (χ1n) is 5.76. The number of hydrogen-bond acceptors (Lipinski definition) is 6. The highest BCUT2D eigenvalue weighted by Crippen LogP contribution is 2.44. The van der Waals surface area contributed by atoms with Gasteiger partial charge in [0.05, 0.1) is 25.2 Å². The van der Waals surface area contributed by atoms with Crippen LogP contribution in [0.4, 0.5) is 5.00 Å². The standard InChI is InChI=1S/C12H15NO4S/c1-3-17-12(15)9-8-6(11(14)16-2)4-5-7(8)18-10(9)13/h6H,3-5,13H2,1-2H3. The predicted molar refractivity (Wildman–Crippen MR) is 67.8 cm³/mol. The topological polar surface area (TPSA) is 78.6 Å². The van der Waals surface area contributed by atoms with Gasteiger partial charge in [0.15, 0.2) is 0 Å². The Morgan fingerprint density at radius 2 is 2.22 bits per heavy atom. The Balaban J connectivity index is 2.43. The van der Waals surface area contributed by atoms with Crippen LogP contribution in [0.15, 0.2) is 0 Å². The van der Waals surface area contributed by atoms with E-state index >= 15 is 0 Å². The van der Waals surface area contributed by atoms with Crippen molar-refractivity contribution in [1.82, 2.24) is 0 Å². The summed E-state index contributed by atoms with van der Waals surface area (Å²) in [4.78, 5) is 24.6. The molecule has 0 saturated heterocycles. The van der Waals surface area contributed by atoms with Gasteiger partial charge < -0.3 is 15.2 Å². The number of carbonyl (C=O) groups excluding carboxylic acids is 2. The average molecular weight is 269 g/mol. The molecule has 1 unspecified atom stereocenters. The van der Waals surface area contributed by atoms with Crippen molar-refractivity contribution < 1.29 is 19.1 Å². The molecule has 0 amide bonds. The van der Waals surface area contributed by atoms with Gasteiger partial charge in [-0.2, -0.15) is 0 Å². The normalized spacial score (nSPS) is 17.3. The second kappa shape index (κ2) is 4.97. The van der Waals surface area contributed by atoms with Crippen molar-refractivity contribution in [2.45, 2.75) is 25.7 Å². The number of rotatable bonds is 3. The zero-order valence-electron chi connectivity index (χ0n) is 10.3. The smallest absolute Gasteiger partial charge is 0.341 e. The Bertz CT molecular complexity index is 495. The molecule has 0 spiro atoms. The maximum atomic E-state index is 11.9. The number of anilines is 1. The summed E-state index contributed by atoms with van der Waals surface area (Å²) in [7, 11) is 1.35. The third kappa shape index (κ3) is 1.96. The fourth-order valence-electron chi connectivity index (χ4n) is 2.28. The van der Waals surface area contributed by atoms with Gasteiger partial charge in [0.1, 0.15) is 5.00 Å². The predicted octanol–water partition coefficient (Wildman–Crippen LogP) is 1.71. The Morgan fingerprint density at radius 3 is 2.83 bits per heavy atom. The van der Waals surface area contributed by atoms with Gasteiger partial charge in [-0.05, 0) is 25.3 Å². The summed E-state index contributed by atoms with van der Waals surface area (Å²) >= 11 is 1.36. The van der Waals surface area contributed by atoms with Crippen LogP contribution in [0.1, 0.15) is 40.1 Å². The Hall–Kier alpha value is -1.56. The fraction of sp³-hybridized carbons (Fsp3) is 0.500. The fourth-order valence-corrected chi connectivity index (χ4v) is 3.41. The number of nitrogen functional groups attached to an aromatic ring is 1. The lowest BCUT2D eigenvalue weighted by atomic mass is 9.99. The van der Waals surface area contributed by atoms with Crippen molar-refractivity contribution in [3.63, 3.8) is 0 Å². The largest absolute Gasteiger partial charge is 0.469 e. The van der Waals surface area contributed by atoms with Crippen LogP contribution in [0.25, 0.3) is 0 Å². The van der Waals surface area contributed by atoms with E-state index in [1.165, 1.54) is 18.4 Å². The van der Waals surface area contributed by atoms with Crippen LogP contribution in [0.5, 0.6) is 0 Å². The van der Waals surface area contributed by atoms with Crippen molar-refractivity contribution in [3.05, 3.63) is 16.0 Å². The highest BCUT2D eigenvalue weighted by Gasteiger charge is 2.37. The number of aryl methyl sites for hydroxylation is 1. The molecule has 1 aromatic rings. The highest BCUT2D eigenvalue weighted by atomic mass is 32.1. The second-order valence-corrected chi connectivity index (χ2v) is 5.15. The first-order valence-corrected chi connectivity index (χ1v) is 6.57. The molecule has 2 rings (SSSR count). The molecular formula is C12H15NO4S.